The van der Waals surface area contributed by atoms with Crippen molar-refractivity contribution in [2.45, 2.75) is 13.8 Å². The zero-order valence-corrected chi connectivity index (χ0v) is 14.0. The fourth-order valence-electron chi connectivity index (χ4n) is 3.26. The van der Waals surface area contributed by atoms with Gasteiger partial charge in [0.2, 0.25) is 0 Å². The SMILES string of the molecule is Cc1cccc(-c2[nH]c3c(C)cc(Cl)cc3c2C2=NCCN2)c1. The van der Waals surface area contributed by atoms with Gasteiger partial charge in [-0.1, -0.05) is 35.4 Å². The van der Waals surface area contributed by atoms with E-state index < -0.39 is 0 Å². The fourth-order valence-corrected chi connectivity index (χ4v) is 3.53. The molecule has 0 saturated heterocycles. The normalized spacial score (nSPS) is 14.1. The predicted molar refractivity (Wildman–Crippen MR) is 97.6 cm³/mol. The van der Waals surface area contributed by atoms with Crippen LogP contribution in [0, 0.1) is 13.8 Å². The summed E-state index contributed by atoms with van der Waals surface area (Å²) in [6.45, 7) is 5.89. The molecule has 0 bridgehead atoms. The van der Waals surface area contributed by atoms with Crippen LogP contribution in [0.5, 0.6) is 0 Å². The van der Waals surface area contributed by atoms with Gasteiger partial charge in [-0.15, -0.1) is 0 Å². The first-order valence-corrected chi connectivity index (χ1v) is 8.19. The van der Waals surface area contributed by atoms with Gasteiger partial charge < -0.3 is 10.3 Å². The van der Waals surface area contributed by atoms with Gasteiger partial charge in [0, 0.05) is 28.0 Å². The quantitative estimate of drug-likeness (QED) is 0.718. The van der Waals surface area contributed by atoms with E-state index in [9.17, 15) is 0 Å². The minimum atomic E-state index is 0.754. The van der Waals surface area contributed by atoms with E-state index in [1.165, 1.54) is 11.1 Å². The van der Waals surface area contributed by atoms with Crippen molar-refractivity contribution < 1.29 is 0 Å². The van der Waals surface area contributed by atoms with Crippen molar-refractivity contribution in [3.8, 4) is 11.3 Å². The van der Waals surface area contributed by atoms with E-state index >= 15 is 0 Å². The number of rotatable bonds is 2. The molecule has 0 radical (unpaired) electrons. The molecule has 0 saturated carbocycles. The van der Waals surface area contributed by atoms with Gasteiger partial charge in [0.15, 0.2) is 0 Å². The lowest BCUT2D eigenvalue weighted by Gasteiger charge is -2.07. The van der Waals surface area contributed by atoms with Crippen LogP contribution in [-0.4, -0.2) is 23.9 Å². The third-order valence-corrected chi connectivity index (χ3v) is 4.51. The first kappa shape index (κ1) is 14.3. The monoisotopic (exact) mass is 323 g/mol. The molecule has 0 unspecified atom stereocenters. The maximum Gasteiger partial charge on any atom is 0.131 e. The van der Waals surface area contributed by atoms with Crippen LogP contribution in [0.3, 0.4) is 0 Å². The molecule has 23 heavy (non-hydrogen) atoms. The minimum absolute atomic E-state index is 0.754. The van der Waals surface area contributed by atoms with Crippen LogP contribution >= 0.6 is 11.6 Å². The average molecular weight is 324 g/mol. The number of aryl methyl sites for hydroxylation is 2. The Morgan fingerprint density at radius 1 is 1.13 bits per heavy atom. The van der Waals surface area contributed by atoms with Gasteiger partial charge in [0.25, 0.3) is 0 Å². The molecule has 4 rings (SSSR count). The third-order valence-electron chi connectivity index (χ3n) is 4.29. The van der Waals surface area contributed by atoms with Gasteiger partial charge in [-0.2, -0.15) is 0 Å². The van der Waals surface area contributed by atoms with Gasteiger partial charge in [0.1, 0.15) is 5.84 Å². The first-order valence-electron chi connectivity index (χ1n) is 7.81. The molecule has 0 atom stereocenters. The fraction of sp³-hybridized carbons (Fsp3) is 0.211. The first-order chi connectivity index (χ1) is 11.1. The molecule has 0 amide bonds. The van der Waals surface area contributed by atoms with Crippen molar-refractivity contribution in [2.75, 3.05) is 13.1 Å². The highest BCUT2D eigenvalue weighted by molar-refractivity contribution is 6.32. The summed E-state index contributed by atoms with van der Waals surface area (Å²) in [5.74, 6) is 0.953. The Morgan fingerprint density at radius 2 is 2.00 bits per heavy atom. The second-order valence-corrected chi connectivity index (χ2v) is 6.48. The highest BCUT2D eigenvalue weighted by Crippen LogP contribution is 2.34. The number of hydrogen-bond acceptors (Lipinski definition) is 2. The Bertz CT molecular complexity index is 937. The highest BCUT2D eigenvalue weighted by atomic mass is 35.5. The summed E-state index contributed by atoms with van der Waals surface area (Å²) in [6.07, 6.45) is 0. The molecule has 3 nitrogen and oxygen atoms in total. The van der Waals surface area contributed by atoms with E-state index in [1.54, 1.807) is 0 Å². The van der Waals surface area contributed by atoms with E-state index in [1.807, 2.05) is 12.1 Å². The number of aliphatic imine (C=N–C) groups is 1. The van der Waals surface area contributed by atoms with Gasteiger partial charge in [-0.25, -0.2) is 0 Å². The zero-order valence-electron chi connectivity index (χ0n) is 13.2. The molecular formula is C19H18ClN3. The predicted octanol–water partition coefficient (Wildman–Crippen LogP) is 4.45. The summed E-state index contributed by atoms with van der Waals surface area (Å²) >= 11 is 6.31. The molecule has 0 fully saturated rings. The molecule has 0 aliphatic carbocycles. The van der Waals surface area contributed by atoms with Crippen LogP contribution in [0.25, 0.3) is 22.2 Å². The molecule has 116 valence electrons. The summed E-state index contributed by atoms with van der Waals surface area (Å²) in [5, 5.41) is 5.28. The average Bonchev–Trinajstić information content (AvgIpc) is 3.13. The highest BCUT2D eigenvalue weighted by Gasteiger charge is 2.21. The number of aromatic amines is 1. The molecular weight excluding hydrogens is 306 g/mol. The van der Waals surface area contributed by atoms with E-state index in [-0.39, 0.29) is 0 Å². The number of fused-ring (bicyclic) bond motifs is 1. The summed E-state index contributed by atoms with van der Waals surface area (Å²) in [6, 6.07) is 12.5. The summed E-state index contributed by atoms with van der Waals surface area (Å²) in [7, 11) is 0. The number of hydrogen-bond donors (Lipinski definition) is 2. The Hall–Kier alpha value is -2.26. The van der Waals surface area contributed by atoms with Crippen LogP contribution in [0.15, 0.2) is 41.4 Å². The standard InChI is InChI=1S/C19H18ClN3/c1-11-4-3-5-13(8-11)18-16(19-21-6-7-22-19)15-10-14(20)9-12(2)17(15)23-18/h3-5,8-10,23H,6-7H2,1-2H3,(H,21,22). The molecule has 2 N–H and O–H groups in total. The number of halogens is 1. The lowest BCUT2D eigenvalue weighted by molar-refractivity contribution is 0.960. The largest absolute Gasteiger partial charge is 0.368 e. The van der Waals surface area contributed by atoms with Crippen molar-refractivity contribution >= 4 is 28.3 Å². The van der Waals surface area contributed by atoms with E-state index in [0.29, 0.717) is 0 Å². The Morgan fingerprint density at radius 3 is 2.74 bits per heavy atom. The van der Waals surface area contributed by atoms with Crippen LogP contribution in [0.2, 0.25) is 5.02 Å². The van der Waals surface area contributed by atoms with Gasteiger partial charge in [-0.05, 0) is 43.2 Å². The second-order valence-electron chi connectivity index (χ2n) is 6.05. The molecule has 1 aromatic heterocycles. The zero-order chi connectivity index (χ0) is 16.0. The topological polar surface area (TPSA) is 40.2 Å². The lowest BCUT2D eigenvalue weighted by Crippen LogP contribution is -2.19. The van der Waals surface area contributed by atoms with Crippen LogP contribution in [0.1, 0.15) is 16.7 Å². The van der Waals surface area contributed by atoms with E-state index in [4.69, 9.17) is 11.6 Å². The molecule has 1 aliphatic heterocycles. The lowest BCUT2D eigenvalue weighted by atomic mass is 10.0. The van der Waals surface area contributed by atoms with Gasteiger partial charge in [0.05, 0.1) is 12.2 Å². The smallest absolute Gasteiger partial charge is 0.131 e. The van der Waals surface area contributed by atoms with Crippen molar-refractivity contribution in [1.82, 2.24) is 10.3 Å². The Balaban J connectivity index is 2.07. The van der Waals surface area contributed by atoms with Gasteiger partial charge in [-0.3, -0.25) is 4.99 Å². The molecule has 0 spiro atoms. The molecule has 2 heterocycles. The molecule has 4 heteroatoms. The van der Waals surface area contributed by atoms with Crippen molar-refractivity contribution in [2.24, 2.45) is 4.99 Å². The molecule has 3 aromatic rings. The van der Waals surface area contributed by atoms with Crippen LogP contribution < -0.4 is 5.32 Å². The number of nitrogens with zero attached hydrogens (tertiary/aromatic N) is 1. The van der Waals surface area contributed by atoms with E-state index in [2.05, 4.69) is 53.4 Å². The van der Waals surface area contributed by atoms with E-state index in [0.717, 1.165) is 51.7 Å². The number of nitrogens with one attached hydrogen (secondary N) is 2. The number of amidine groups is 1. The van der Waals surface area contributed by atoms with Crippen LogP contribution in [-0.2, 0) is 0 Å². The summed E-state index contributed by atoms with van der Waals surface area (Å²) in [5.41, 5.74) is 6.89. The number of aromatic nitrogens is 1. The summed E-state index contributed by atoms with van der Waals surface area (Å²) in [4.78, 5) is 8.24. The maximum absolute atomic E-state index is 6.31. The van der Waals surface area contributed by atoms with Crippen LogP contribution in [0.4, 0.5) is 0 Å². The molecule has 1 aliphatic rings. The second kappa shape index (κ2) is 5.43. The Labute approximate surface area is 140 Å². The number of H-pyrrole nitrogens is 1. The number of benzene rings is 2. The maximum atomic E-state index is 6.31. The van der Waals surface area contributed by atoms with Crippen molar-refractivity contribution in [3.63, 3.8) is 0 Å². The third kappa shape index (κ3) is 2.41. The Kier molecular flexibility index (Phi) is 3.38. The minimum Gasteiger partial charge on any atom is -0.368 e. The summed E-state index contributed by atoms with van der Waals surface area (Å²) < 4.78 is 0. The van der Waals surface area contributed by atoms with Crippen molar-refractivity contribution in [3.05, 3.63) is 58.1 Å². The molecule has 2 aromatic carbocycles. The van der Waals surface area contributed by atoms with Crippen molar-refractivity contribution in [1.29, 1.82) is 0 Å². The van der Waals surface area contributed by atoms with Gasteiger partial charge >= 0.3 is 0 Å².